The van der Waals surface area contributed by atoms with Crippen LogP contribution in [0.5, 0.6) is 0 Å². The molecular weight excluding hydrogens is 406 g/mol. The van der Waals surface area contributed by atoms with Crippen LogP contribution in [0.2, 0.25) is 0 Å². The summed E-state index contributed by atoms with van der Waals surface area (Å²) in [5.74, 6) is -2.14. The lowest BCUT2D eigenvalue weighted by Crippen LogP contribution is -2.58. The Kier molecular flexibility index (Phi) is 7.49. The lowest BCUT2D eigenvalue weighted by molar-refractivity contribution is -0.163. The standard InChI is InChI=1S/C21H27N3O5S/c1-14(25)30-18(12-15-6-3-2-4-7-15)19(26)22-17-8-5-10-23-11-9-16(21(28)29)13-24(23)20(17)27/h2-4,6-7,16-18H,5,8-13H2,1H3,(H,22,26)(H,28,29)/t16-,17-,18-/m0/s1. The molecule has 3 rings (SSSR count). The third-order valence-corrected chi connectivity index (χ3v) is 6.46. The lowest BCUT2D eigenvalue weighted by Gasteiger charge is -2.40. The van der Waals surface area contributed by atoms with Gasteiger partial charge in [-0.05, 0) is 31.2 Å². The molecule has 0 saturated carbocycles. The van der Waals surface area contributed by atoms with Gasteiger partial charge in [-0.15, -0.1) is 0 Å². The number of fused-ring (bicyclic) bond motifs is 1. The first-order chi connectivity index (χ1) is 14.3. The van der Waals surface area contributed by atoms with Crippen molar-refractivity contribution in [2.24, 2.45) is 5.92 Å². The molecule has 3 atom stereocenters. The molecule has 0 spiro atoms. The second-order valence-corrected chi connectivity index (χ2v) is 9.07. The van der Waals surface area contributed by atoms with Gasteiger partial charge in [0.25, 0.3) is 5.91 Å². The number of benzene rings is 1. The van der Waals surface area contributed by atoms with Crippen molar-refractivity contribution < 1.29 is 24.3 Å². The van der Waals surface area contributed by atoms with E-state index in [9.17, 15) is 24.3 Å². The molecule has 2 N–H and O–H groups in total. The molecule has 30 heavy (non-hydrogen) atoms. The fraction of sp³-hybridized carbons (Fsp3) is 0.524. The Morgan fingerprint density at radius 3 is 2.60 bits per heavy atom. The molecule has 2 aliphatic heterocycles. The normalized spacial score (nSPS) is 23.2. The molecule has 162 valence electrons. The van der Waals surface area contributed by atoms with Gasteiger partial charge in [0.15, 0.2) is 5.12 Å². The molecular formula is C21H27N3O5S. The van der Waals surface area contributed by atoms with Crippen LogP contribution in [0, 0.1) is 5.92 Å². The topological polar surface area (TPSA) is 107 Å². The summed E-state index contributed by atoms with van der Waals surface area (Å²) in [4.78, 5) is 49.1. The highest BCUT2D eigenvalue weighted by molar-refractivity contribution is 8.14. The second kappa shape index (κ2) is 10.1. The van der Waals surface area contributed by atoms with Gasteiger partial charge >= 0.3 is 5.97 Å². The molecule has 1 aromatic rings. The smallest absolute Gasteiger partial charge is 0.308 e. The Bertz CT molecular complexity index is 803. The Hall–Kier alpha value is -2.39. The molecule has 8 nitrogen and oxygen atoms in total. The molecule has 9 heteroatoms. The number of hydrogen-bond acceptors (Lipinski definition) is 6. The monoisotopic (exact) mass is 433 g/mol. The average molecular weight is 434 g/mol. The number of thioether (sulfide) groups is 1. The highest BCUT2D eigenvalue weighted by Crippen LogP contribution is 2.23. The molecule has 2 aliphatic rings. The molecule has 2 heterocycles. The maximum absolute atomic E-state index is 13.1. The molecule has 0 aliphatic carbocycles. The van der Waals surface area contributed by atoms with Crippen molar-refractivity contribution in [3.8, 4) is 0 Å². The first-order valence-electron chi connectivity index (χ1n) is 10.2. The Morgan fingerprint density at radius 1 is 1.20 bits per heavy atom. The van der Waals surface area contributed by atoms with Crippen molar-refractivity contribution in [1.82, 2.24) is 15.3 Å². The largest absolute Gasteiger partial charge is 0.481 e. The van der Waals surface area contributed by atoms with Gasteiger partial charge in [-0.3, -0.25) is 24.2 Å². The van der Waals surface area contributed by atoms with Gasteiger partial charge in [0.2, 0.25) is 5.91 Å². The third kappa shape index (κ3) is 5.60. The van der Waals surface area contributed by atoms with Crippen LogP contribution >= 0.6 is 11.8 Å². The molecule has 1 aromatic carbocycles. The summed E-state index contributed by atoms with van der Waals surface area (Å²) in [7, 11) is 0. The number of carboxylic acid groups (broad SMARTS) is 1. The number of nitrogens with one attached hydrogen (secondary N) is 1. The number of nitrogens with zero attached hydrogens (tertiary/aromatic N) is 2. The van der Waals surface area contributed by atoms with Gasteiger partial charge in [0.1, 0.15) is 6.04 Å². The van der Waals surface area contributed by atoms with Gasteiger partial charge in [-0.25, -0.2) is 5.01 Å². The van der Waals surface area contributed by atoms with E-state index in [0.717, 1.165) is 17.3 Å². The van der Waals surface area contributed by atoms with Crippen molar-refractivity contribution >= 4 is 34.7 Å². The summed E-state index contributed by atoms with van der Waals surface area (Å²) in [5.41, 5.74) is 0.935. The fourth-order valence-electron chi connectivity index (χ4n) is 3.90. The number of carboxylic acids is 1. The summed E-state index contributed by atoms with van der Waals surface area (Å²) >= 11 is 0.961. The number of carbonyl (C=O) groups excluding carboxylic acids is 3. The minimum absolute atomic E-state index is 0.121. The quantitative estimate of drug-likeness (QED) is 0.696. The SMILES string of the molecule is CC(=O)S[C@@H](Cc1ccccc1)C(=O)N[C@H]1CCCN2CC[C@H](C(=O)O)CN2C1=O. The molecule has 2 saturated heterocycles. The van der Waals surface area contributed by atoms with Crippen LogP contribution in [0.4, 0.5) is 0 Å². The van der Waals surface area contributed by atoms with Gasteiger partial charge in [0.05, 0.1) is 17.7 Å². The number of amides is 2. The molecule has 0 unspecified atom stereocenters. The van der Waals surface area contributed by atoms with Crippen LogP contribution in [0.1, 0.15) is 31.7 Å². The number of hydrazine groups is 1. The maximum Gasteiger partial charge on any atom is 0.308 e. The summed E-state index contributed by atoms with van der Waals surface area (Å²) < 4.78 is 0. The Labute approximate surface area is 179 Å². The van der Waals surface area contributed by atoms with Crippen LogP contribution in [-0.4, -0.2) is 68.9 Å². The molecule has 0 radical (unpaired) electrons. The minimum Gasteiger partial charge on any atom is -0.481 e. The Morgan fingerprint density at radius 2 is 1.93 bits per heavy atom. The van der Waals surface area contributed by atoms with Crippen molar-refractivity contribution in [2.75, 3.05) is 19.6 Å². The zero-order valence-electron chi connectivity index (χ0n) is 17.0. The number of hydrogen-bond donors (Lipinski definition) is 2. The first kappa shape index (κ1) is 22.3. The molecule has 0 aromatic heterocycles. The fourth-order valence-corrected chi connectivity index (χ4v) is 4.75. The van der Waals surface area contributed by atoms with Gasteiger partial charge in [0, 0.05) is 20.0 Å². The van der Waals surface area contributed by atoms with Crippen LogP contribution in [-0.2, 0) is 25.6 Å². The predicted octanol–water partition coefficient (Wildman–Crippen LogP) is 1.31. The zero-order valence-corrected chi connectivity index (χ0v) is 17.8. The van der Waals surface area contributed by atoms with E-state index in [1.54, 1.807) is 0 Å². The van der Waals surface area contributed by atoms with Crippen molar-refractivity contribution in [3.05, 3.63) is 35.9 Å². The lowest BCUT2D eigenvalue weighted by atomic mass is 10.0. The van der Waals surface area contributed by atoms with Crippen molar-refractivity contribution in [3.63, 3.8) is 0 Å². The molecule has 0 bridgehead atoms. The van der Waals surface area contributed by atoms with Crippen LogP contribution in [0.25, 0.3) is 0 Å². The van der Waals surface area contributed by atoms with Crippen LogP contribution in [0.15, 0.2) is 30.3 Å². The zero-order chi connectivity index (χ0) is 21.7. The summed E-state index contributed by atoms with van der Waals surface area (Å²) in [5, 5.41) is 14.7. The molecule has 2 fully saturated rings. The number of aliphatic carboxylic acids is 1. The van der Waals surface area contributed by atoms with Crippen molar-refractivity contribution in [2.45, 2.75) is 43.9 Å². The van der Waals surface area contributed by atoms with E-state index < -0.39 is 23.2 Å². The summed E-state index contributed by atoms with van der Waals surface area (Å²) in [6, 6.07) is 8.71. The van der Waals surface area contributed by atoms with E-state index in [1.807, 2.05) is 35.3 Å². The Balaban J connectivity index is 1.70. The van der Waals surface area contributed by atoms with E-state index in [2.05, 4.69) is 5.32 Å². The van der Waals surface area contributed by atoms with E-state index in [0.29, 0.717) is 38.8 Å². The first-order valence-corrected chi connectivity index (χ1v) is 11.0. The van der Waals surface area contributed by atoms with Crippen LogP contribution < -0.4 is 5.32 Å². The van der Waals surface area contributed by atoms with Gasteiger partial charge < -0.3 is 10.4 Å². The molecule has 2 amide bonds. The predicted molar refractivity (Wildman–Crippen MR) is 112 cm³/mol. The van der Waals surface area contributed by atoms with E-state index in [-0.39, 0.29) is 23.5 Å². The average Bonchev–Trinajstić information content (AvgIpc) is 2.86. The minimum atomic E-state index is -0.909. The van der Waals surface area contributed by atoms with E-state index in [1.165, 1.54) is 11.9 Å². The summed E-state index contributed by atoms with van der Waals surface area (Å²) in [6.45, 7) is 2.71. The number of rotatable bonds is 6. The van der Waals surface area contributed by atoms with Gasteiger partial charge in [-0.2, -0.15) is 0 Å². The maximum atomic E-state index is 13.1. The highest BCUT2D eigenvalue weighted by atomic mass is 32.2. The van der Waals surface area contributed by atoms with E-state index in [4.69, 9.17) is 0 Å². The second-order valence-electron chi connectivity index (χ2n) is 7.69. The van der Waals surface area contributed by atoms with Crippen LogP contribution in [0.3, 0.4) is 0 Å². The third-order valence-electron chi connectivity index (χ3n) is 5.46. The van der Waals surface area contributed by atoms with Crippen molar-refractivity contribution in [1.29, 1.82) is 0 Å². The van der Waals surface area contributed by atoms with Gasteiger partial charge in [-0.1, -0.05) is 42.1 Å². The van der Waals surface area contributed by atoms with E-state index >= 15 is 0 Å². The highest BCUT2D eigenvalue weighted by Gasteiger charge is 2.39. The number of carbonyl (C=O) groups is 4. The summed E-state index contributed by atoms with van der Waals surface area (Å²) in [6.07, 6.45) is 2.09.